The average molecular weight is 361 g/mol. The number of carbonyl (C=O) groups is 3. The quantitative estimate of drug-likeness (QED) is 0.700. The van der Waals surface area contributed by atoms with Crippen molar-refractivity contribution in [1.82, 2.24) is 10.2 Å². The first-order chi connectivity index (χ1) is 12.4. The maximum Gasteiger partial charge on any atom is 0.317 e. The lowest BCUT2D eigenvalue weighted by molar-refractivity contribution is -0.139. The van der Waals surface area contributed by atoms with Gasteiger partial charge in [0, 0.05) is 12.1 Å². The van der Waals surface area contributed by atoms with E-state index in [9.17, 15) is 14.4 Å². The highest BCUT2D eigenvalue weighted by Gasteiger charge is 2.36. The molecular weight excluding hydrogens is 338 g/mol. The van der Waals surface area contributed by atoms with Crippen LogP contribution in [0.25, 0.3) is 0 Å². The first-order valence-electron chi connectivity index (χ1n) is 8.76. The maximum atomic E-state index is 12.6. The van der Waals surface area contributed by atoms with E-state index in [0.29, 0.717) is 23.5 Å². The second-order valence-electron chi connectivity index (χ2n) is 6.68. The van der Waals surface area contributed by atoms with Crippen LogP contribution in [-0.4, -0.2) is 59.1 Å². The monoisotopic (exact) mass is 361 g/mol. The zero-order valence-electron chi connectivity index (χ0n) is 14.8. The van der Waals surface area contributed by atoms with Gasteiger partial charge in [0.25, 0.3) is 11.8 Å². The second kappa shape index (κ2) is 7.33. The number of para-hydroxylation sites is 1. The number of anilines is 1. The number of carboxylic acid groups (broad SMARTS) is 1. The molecule has 1 aromatic carbocycles. The molecule has 0 radical (unpaired) electrons. The molecule has 0 spiro atoms. The summed E-state index contributed by atoms with van der Waals surface area (Å²) in [5, 5.41) is 14.6. The van der Waals surface area contributed by atoms with Gasteiger partial charge >= 0.3 is 5.97 Å². The molecule has 1 unspecified atom stereocenters. The molecule has 1 heterocycles. The first-order valence-corrected chi connectivity index (χ1v) is 8.76. The summed E-state index contributed by atoms with van der Waals surface area (Å²) in [6.45, 7) is 4.23. The van der Waals surface area contributed by atoms with Crippen molar-refractivity contribution in [3.63, 3.8) is 0 Å². The minimum Gasteiger partial charge on any atom is -0.480 e. The van der Waals surface area contributed by atoms with Gasteiger partial charge in [-0.1, -0.05) is 13.0 Å². The van der Waals surface area contributed by atoms with E-state index in [1.165, 1.54) is 0 Å². The van der Waals surface area contributed by atoms with Crippen LogP contribution in [-0.2, 0) is 9.59 Å². The van der Waals surface area contributed by atoms with Crippen molar-refractivity contribution in [2.45, 2.75) is 44.9 Å². The Hall–Kier alpha value is -2.61. The highest BCUT2D eigenvalue weighted by Crippen LogP contribution is 2.34. The normalized spacial score (nSPS) is 24.1. The van der Waals surface area contributed by atoms with E-state index in [4.69, 9.17) is 9.84 Å². The van der Waals surface area contributed by atoms with E-state index in [0.717, 1.165) is 12.8 Å². The van der Waals surface area contributed by atoms with Crippen LogP contribution in [0.2, 0.25) is 0 Å². The number of ether oxygens (including phenoxy) is 1. The standard InChI is InChI=1S/C18H23N3O5/c1-3-21(9-15(22)23)12-7-11(8-12)19-18(25)13-5-4-6-14-16(13)26-10(2)17(24)20-14/h4-6,10-12H,3,7-9H2,1-2H3,(H,19,25)(H,20,24)(H,22,23). The number of carbonyl (C=O) groups excluding carboxylic acids is 2. The molecule has 0 bridgehead atoms. The highest BCUT2D eigenvalue weighted by molar-refractivity contribution is 6.04. The number of nitrogens with zero attached hydrogens (tertiary/aromatic N) is 1. The molecule has 3 rings (SSSR count). The Balaban J connectivity index is 1.62. The van der Waals surface area contributed by atoms with Crippen molar-refractivity contribution >= 4 is 23.5 Å². The molecule has 1 aliphatic carbocycles. The summed E-state index contributed by atoms with van der Waals surface area (Å²) in [4.78, 5) is 37.1. The third-order valence-corrected chi connectivity index (χ3v) is 4.89. The summed E-state index contributed by atoms with van der Waals surface area (Å²) in [5.74, 6) is -0.956. The topological polar surface area (TPSA) is 108 Å². The number of nitrogens with one attached hydrogen (secondary N) is 2. The van der Waals surface area contributed by atoms with E-state index < -0.39 is 12.1 Å². The Labute approximate surface area is 151 Å². The number of benzene rings is 1. The molecule has 0 aromatic heterocycles. The van der Waals surface area contributed by atoms with Crippen LogP contribution in [0.3, 0.4) is 0 Å². The SMILES string of the molecule is CCN(CC(=O)O)C1CC(NC(=O)c2cccc3c2OC(C)C(=O)N3)C1. The van der Waals surface area contributed by atoms with Gasteiger partial charge in [-0.05, 0) is 38.4 Å². The van der Waals surface area contributed by atoms with Crippen molar-refractivity contribution in [2.75, 3.05) is 18.4 Å². The number of rotatable bonds is 6. The summed E-state index contributed by atoms with van der Waals surface area (Å²) in [7, 11) is 0. The van der Waals surface area contributed by atoms with E-state index >= 15 is 0 Å². The van der Waals surface area contributed by atoms with Crippen molar-refractivity contribution in [3.05, 3.63) is 23.8 Å². The molecule has 2 aliphatic rings. The molecule has 1 aliphatic heterocycles. The van der Waals surface area contributed by atoms with Crippen LogP contribution in [0.4, 0.5) is 5.69 Å². The van der Waals surface area contributed by atoms with Crippen molar-refractivity contribution in [2.24, 2.45) is 0 Å². The van der Waals surface area contributed by atoms with Crippen LogP contribution in [0, 0.1) is 0 Å². The molecule has 8 heteroatoms. The molecule has 1 atom stereocenters. The summed E-state index contributed by atoms with van der Waals surface area (Å²) in [6.07, 6.45) is 0.782. The fourth-order valence-corrected chi connectivity index (χ4v) is 3.35. The number of fused-ring (bicyclic) bond motifs is 1. The van der Waals surface area contributed by atoms with Gasteiger partial charge in [0.1, 0.15) is 0 Å². The van der Waals surface area contributed by atoms with Gasteiger partial charge in [-0.3, -0.25) is 19.3 Å². The first kappa shape index (κ1) is 18.2. The molecule has 1 fully saturated rings. The fraction of sp³-hybridized carbons (Fsp3) is 0.500. The smallest absolute Gasteiger partial charge is 0.317 e. The number of aliphatic carboxylic acids is 1. The van der Waals surface area contributed by atoms with Crippen molar-refractivity contribution in [3.8, 4) is 5.75 Å². The van der Waals surface area contributed by atoms with Gasteiger partial charge in [0.2, 0.25) is 0 Å². The van der Waals surface area contributed by atoms with Gasteiger partial charge in [-0.25, -0.2) is 0 Å². The largest absolute Gasteiger partial charge is 0.480 e. The Morgan fingerprint density at radius 1 is 1.38 bits per heavy atom. The molecule has 3 N–H and O–H groups in total. The van der Waals surface area contributed by atoms with E-state index in [2.05, 4.69) is 10.6 Å². The molecule has 26 heavy (non-hydrogen) atoms. The molecule has 140 valence electrons. The third kappa shape index (κ3) is 3.65. The van der Waals surface area contributed by atoms with Gasteiger partial charge in [-0.15, -0.1) is 0 Å². The molecule has 8 nitrogen and oxygen atoms in total. The lowest BCUT2D eigenvalue weighted by Gasteiger charge is -2.42. The van der Waals surface area contributed by atoms with Crippen LogP contribution in [0.15, 0.2) is 18.2 Å². The summed E-state index contributed by atoms with van der Waals surface area (Å²) < 4.78 is 5.60. The predicted molar refractivity (Wildman–Crippen MR) is 94.3 cm³/mol. The minimum atomic E-state index is -0.844. The van der Waals surface area contributed by atoms with Gasteiger partial charge in [-0.2, -0.15) is 0 Å². The Bertz CT molecular complexity index is 730. The van der Waals surface area contributed by atoms with Gasteiger partial charge < -0.3 is 20.5 Å². The molecule has 1 aromatic rings. The highest BCUT2D eigenvalue weighted by atomic mass is 16.5. The van der Waals surface area contributed by atoms with Crippen molar-refractivity contribution < 1.29 is 24.2 Å². The summed E-state index contributed by atoms with van der Waals surface area (Å²) >= 11 is 0. The van der Waals surface area contributed by atoms with E-state index in [-0.39, 0.29) is 30.4 Å². The van der Waals surface area contributed by atoms with Crippen LogP contribution in [0.1, 0.15) is 37.0 Å². The van der Waals surface area contributed by atoms with Gasteiger partial charge in [0.05, 0.1) is 17.8 Å². The summed E-state index contributed by atoms with van der Waals surface area (Å²) in [6, 6.07) is 5.23. The maximum absolute atomic E-state index is 12.6. The zero-order valence-corrected chi connectivity index (χ0v) is 14.8. The average Bonchev–Trinajstić information content (AvgIpc) is 2.56. The number of hydrogen-bond acceptors (Lipinski definition) is 5. The lowest BCUT2D eigenvalue weighted by Crippen LogP contribution is -2.54. The molecule has 2 amide bonds. The number of likely N-dealkylation sites (N-methyl/N-ethyl adjacent to an activating group) is 1. The fourth-order valence-electron chi connectivity index (χ4n) is 3.35. The Kier molecular flexibility index (Phi) is 5.13. The van der Waals surface area contributed by atoms with Gasteiger partial charge in [0.15, 0.2) is 11.9 Å². The Morgan fingerprint density at radius 3 is 2.77 bits per heavy atom. The lowest BCUT2D eigenvalue weighted by atomic mass is 9.85. The molecule has 0 saturated heterocycles. The minimum absolute atomic E-state index is 0.00167. The van der Waals surface area contributed by atoms with Crippen LogP contribution < -0.4 is 15.4 Å². The van der Waals surface area contributed by atoms with Crippen LogP contribution >= 0.6 is 0 Å². The number of amides is 2. The summed E-state index contributed by atoms with van der Waals surface area (Å²) in [5.41, 5.74) is 0.876. The zero-order chi connectivity index (χ0) is 18.8. The molecule has 1 saturated carbocycles. The number of hydrogen-bond donors (Lipinski definition) is 3. The van der Waals surface area contributed by atoms with Crippen molar-refractivity contribution in [1.29, 1.82) is 0 Å². The number of carboxylic acids is 1. The van der Waals surface area contributed by atoms with E-state index in [1.807, 2.05) is 11.8 Å². The van der Waals surface area contributed by atoms with E-state index in [1.54, 1.807) is 25.1 Å². The third-order valence-electron chi connectivity index (χ3n) is 4.89. The van der Waals surface area contributed by atoms with Crippen LogP contribution in [0.5, 0.6) is 5.75 Å². The second-order valence-corrected chi connectivity index (χ2v) is 6.68. The predicted octanol–water partition coefficient (Wildman–Crippen LogP) is 1.07. The molecular formula is C18H23N3O5. The Morgan fingerprint density at radius 2 is 2.12 bits per heavy atom.